The summed E-state index contributed by atoms with van der Waals surface area (Å²) in [4.78, 5) is 12.5. The Balaban J connectivity index is 1.46. The van der Waals surface area contributed by atoms with Gasteiger partial charge in [-0.05, 0) is 54.7 Å². The number of anilines is 2. The normalized spacial score (nSPS) is 21.2. The Morgan fingerprint density at radius 3 is 2.75 bits per heavy atom. The van der Waals surface area contributed by atoms with Crippen molar-refractivity contribution in [3.63, 3.8) is 0 Å². The predicted octanol–water partition coefficient (Wildman–Crippen LogP) is 3.09. The summed E-state index contributed by atoms with van der Waals surface area (Å²) in [5.74, 6) is 1.83. The highest BCUT2D eigenvalue weighted by atomic mass is 16.6. The number of nitrogen functional groups attached to an aromatic ring is 1. The second kappa shape index (κ2) is 5.74. The fourth-order valence-corrected chi connectivity index (χ4v) is 3.14. The summed E-state index contributed by atoms with van der Waals surface area (Å²) in [5, 5.41) is 3.00. The number of ether oxygens (including phenoxy) is 2. The summed E-state index contributed by atoms with van der Waals surface area (Å²) >= 11 is 0. The van der Waals surface area contributed by atoms with Crippen molar-refractivity contribution < 1.29 is 14.3 Å². The van der Waals surface area contributed by atoms with Gasteiger partial charge in [-0.15, -0.1) is 0 Å². The summed E-state index contributed by atoms with van der Waals surface area (Å²) in [6.45, 7) is 3.11. The maximum absolute atomic E-state index is 12.5. The third-order valence-electron chi connectivity index (χ3n) is 4.64. The van der Waals surface area contributed by atoms with Gasteiger partial charge in [-0.2, -0.15) is 0 Å². The van der Waals surface area contributed by atoms with Crippen LogP contribution in [0.15, 0.2) is 36.4 Å². The zero-order valence-electron chi connectivity index (χ0n) is 13.5. The van der Waals surface area contributed by atoms with Gasteiger partial charge in [0.1, 0.15) is 13.2 Å². The van der Waals surface area contributed by atoms with Gasteiger partial charge >= 0.3 is 0 Å². The summed E-state index contributed by atoms with van der Waals surface area (Å²) in [6.07, 6.45) is 0.854. The van der Waals surface area contributed by atoms with Gasteiger partial charge < -0.3 is 20.5 Å². The van der Waals surface area contributed by atoms with Gasteiger partial charge in [-0.3, -0.25) is 4.79 Å². The third kappa shape index (κ3) is 2.77. The molecule has 0 radical (unpaired) electrons. The standard InChI is InChI=1S/C19H20N2O3/c1-11-2-4-13(20)9-16(11)21-19(22)15-10-14(15)12-3-5-17-18(8-12)24-7-6-23-17/h2-5,8-9,14-15H,6-7,10,20H2,1H3,(H,21,22). The van der Waals surface area contributed by atoms with Gasteiger partial charge in [0.2, 0.25) is 5.91 Å². The molecule has 1 aliphatic heterocycles. The van der Waals surface area contributed by atoms with Crippen LogP contribution < -0.4 is 20.5 Å². The minimum Gasteiger partial charge on any atom is -0.486 e. The van der Waals surface area contributed by atoms with Crippen molar-refractivity contribution in [1.82, 2.24) is 0 Å². The molecule has 1 fully saturated rings. The van der Waals surface area contributed by atoms with Crippen LogP contribution in [-0.2, 0) is 4.79 Å². The first-order valence-corrected chi connectivity index (χ1v) is 8.18. The predicted molar refractivity (Wildman–Crippen MR) is 92.5 cm³/mol. The number of amides is 1. The van der Waals surface area contributed by atoms with Crippen LogP contribution >= 0.6 is 0 Å². The van der Waals surface area contributed by atoms with Crippen molar-refractivity contribution in [1.29, 1.82) is 0 Å². The average molecular weight is 324 g/mol. The molecule has 0 spiro atoms. The van der Waals surface area contributed by atoms with E-state index in [0.717, 1.165) is 34.7 Å². The first kappa shape index (κ1) is 14.9. The van der Waals surface area contributed by atoms with Crippen molar-refractivity contribution >= 4 is 17.3 Å². The van der Waals surface area contributed by atoms with Gasteiger partial charge in [0.15, 0.2) is 11.5 Å². The number of aryl methyl sites for hydroxylation is 1. The van der Waals surface area contributed by atoms with E-state index in [-0.39, 0.29) is 17.7 Å². The second-order valence-corrected chi connectivity index (χ2v) is 6.42. The average Bonchev–Trinajstić information content (AvgIpc) is 3.38. The smallest absolute Gasteiger partial charge is 0.228 e. The first-order chi connectivity index (χ1) is 11.6. The lowest BCUT2D eigenvalue weighted by molar-refractivity contribution is -0.117. The summed E-state index contributed by atoms with van der Waals surface area (Å²) < 4.78 is 11.2. The SMILES string of the molecule is Cc1ccc(N)cc1NC(=O)C1CC1c1ccc2c(c1)OCCO2. The highest BCUT2D eigenvalue weighted by Crippen LogP contribution is 2.49. The molecule has 1 saturated carbocycles. The molecular weight excluding hydrogens is 304 g/mol. The van der Waals surface area contributed by atoms with E-state index in [9.17, 15) is 4.79 Å². The van der Waals surface area contributed by atoms with Gasteiger partial charge in [-0.25, -0.2) is 0 Å². The fourth-order valence-electron chi connectivity index (χ4n) is 3.14. The van der Waals surface area contributed by atoms with Crippen LogP contribution in [0.1, 0.15) is 23.5 Å². The first-order valence-electron chi connectivity index (χ1n) is 8.18. The number of nitrogens with two attached hydrogens (primary N) is 1. The molecule has 2 atom stereocenters. The molecule has 4 rings (SSSR count). The Labute approximate surface area is 140 Å². The molecule has 124 valence electrons. The Bertz CT molecular complexity index is 803. The Morgan fingerprint density at radius 2 is 1.92 bits per heavy atom. The minimum atomic E-state index is -0.00612. The topological polar surface area (TPSA) is 73.6 Å². The zero-order chi connectivity index (χ0) is 16.7. The lowest BCUT2D eigenvalue weighted by atomic mass is 10.1. The highest BCUT2D eigenvalue weighted by molar-refractivity contribution is 5.96. The molecule has 0 saturated heterocycles. The van der Waals surface area contributed by atoms with E-state index in [4.69, 9.17) is 15.2 Å². The Kier molecular flexibility index (Phi) is 3.56. The number of carbonyl (C=O) groups is 1. The molecule has 2 aromatic carbocycles. The molecular formula is C19H20N2O3. The van der Waals surface area contributed by atoms with Gasteiger partial charge in [0.05, 0.1) is 0 Å². The second-order valence-electron chi connectivity index (χ2n) is 6.42. The van der Waals surface area contributed by atoms with Gasteiger partial charge in [0.25, 0.3) is 0 Å². The maximum Gasteiger partial charge on any atom is 0.228 e. The minimum absolute atomic E-state index is 0.00612. The van der Waals surface area contributed by atoms with E-state index < -0.39 is 0 Å². The van der Waals surface area contributed by atoms with Crippen molar-refractivity contribution in [2.24, 2.45) is 5.92 Å². The largest absolute Gasteiger partial charge is 0.486 e. The van der Waals surface area contributed by atoms with E-state index in [2.05, 4.69) is 5.32 Å². The number of benzene rings is 2. The molecule has 2 aromatic rings. The fraction of sp³-hybridized carbons (Fsp3) is 0.316. The number of rotatable bonds is 3. The van der Waals surface area contributed by atoms with Crippen LogP contribution in [0.2, 0.25) is 0 Å². The number of fused-ring (bicyclic) bond motifs is 1. The van der Waals surface area contributed by atoms with Crippen LogP contribution in [0.4, 0.5) is 11.4 Å². The molecule has 1 heterocycles. The molecule has 0 bridgehead atoms. The monoisotopic (exact) mass is 324 g/mol. The lowest BCUT2D eigenvalue weighted by Crippen LogP contribution is -2.16. The Hall–Kier alpha value is -2.69. The lowest BCUT2D eigenvalue weighted by Gasteiger charge is -2.18. The molecule has 5 heteroatoms. The zero-order valence-corrected chi connectivity index (χ0v) is 13.5. The van der Waals surface area contributed by atoms with Crippen LogP contribution in [0.3, 0.4) is 0 Å². The molecule has 1 aliphatic carbocycles. The van der Waals surface area contributed by atoms with Crippen LogP contribution in [0.25, 0.3) is 0 Å². The number of nitrogens with one attached hydrogen (secondary N) is 1. The summed E-state index contributed by atoms with van der Waals surface area (Å²) in [6, 6.07) is 11.5. The number of carbonyl (C=O) groups excluding carboxylic acids is 1. The number of hydrogen-bond donors (Lipinski definition) is 2. The number of hydrogen-bond acceptors (Lipinski definition) is 4. The van der Waals surface area contributed by atoms with E-state index >= 15 is 0 Å². The molecule has 24 heavy (non-hydrogen) atoms. The molecule has 1 amide bonds. The third-order valence-corrected chi connectivity index (χ3v) is 4.64. The Morgan fingerprint density at radius 1 is 1.12 bits per heavy atom. The van der Waals surface area contributed by atoms with Crippen molar-refractivity contribution in [3.05, 3.63) is 47.5 Å². The van der Waals surface area contributed by atoms with Crippen molar-refractivity contribution in [2.75, 3.05) is 24.3 Å². The molecule has 2 aliphatic rings. The quantitative estimate of drug-likeness (QED) is 0.851. The molecule has 3 N–H and O–H groups in total. The van der Waals surface area contributed by atoms with E-state index in [0.29, 0.717) is 18.9 Å². The van der Waals surface area contributed by atoms with Gasteiger partial charge in [-0.1, -0.05) is 12.1 Å². The van der Waals surface area contributed by atoms with E-state index in [1.54, 1.807) is 6.07 Å². The molecule has 2 unspecified atom stereocenters. The van der Waals surface area contributed by atoms with Crippen molar-refractivity contribution in [2.45, 2.75) is 19.3 Å². The molecule has 5 nitrogen and oxygen atoms in total. The van der Waals surface area contributed by atoms with Crippen molar-refractivity contribution in [3.8, 4) is 11.5 Å². The van der Waals surface area contributed by atoms with Gasteiger partial charge in [0, 0.05) is 17.3 Å². The summed E-state index contributed by atoms with van der Waals surface area (Å²) in [7, 11) is 0. The van der Waals surface area contributed by atoms with Crippen LogP contribution in [0, 0.1) is 12.8 Å². The van der Waals surface area contributed by atoms with Crippen LogP contribution in [-0.4, -0.2) is 19.1 Å². The van der Waals surface area contributed by atoms with E-state index in [1.807, 2.05) is 37.3 Å². The highest BCUT2D eigenvalue weighted by Gasteiger charge is 2.44. The molecule has 0 aromatic heterocycles. The van der Waals surface area contributed by atoms with Crippen LogP contribution in [0.5, 0.6) is 11.5 Å². The summed E-state index contributed by atoms with van der Waals surface area (Å²) in [5.41, 5.74) is 9.37. The maximum atomic E-state index is 12.5. The van der Waals surface area contributed by atoms with E-state index in [1.165, 1.54) is 0 Å².